The van der Waals surface area contributed by atoms with E-state index < -0.39 is 0 Å². The molecule has 1 spiro atoms. The van der Waals surface area contributed by atoms with Crippen LogP contribution in [-0.4, -0.2) is 63.5 Å². The minimum absolute atomic E-state index is 0.0295. The Bertz CT molecular complexity index is 585. The molecule has 0 bridgehead atoms. The van der Waals surface area contributed by atoms with Crippen molar-refractivity contribution < 1.29 is 19.0 Å². The highest BCUT2D eigenvalue weighted by Gasteiger charge is 2.43. The molecule has 1 amide bonds. The number of nitrogens with zero attached hydrogens (tertiary/aromatic N) is 1. The van der Waals surface area contributed by atoms with Crippen molar-refractivity contribution >= 4 is 5.91 Å². The number of hydrogen-bond donors (Lipinski definition) is 1. The first kappa shape index (κ1) is 18.2. The van der Waals surface area contributed by atoms with E-state index in [0.717, 1.165) is 56.8 Å². The molecule has 6 nitrogen and oxygen atoms in total. The smallest absolute Gasteiger partial charge is 0.246 e. The lowest BCUT2D eigenvalue weighted by molar-refractivity contribution is -0.126. The number of hydrogen-bond acceptors (Lipinski definition) is 5. The SMILES string of the molecule is COCCN1CCC2(CC1)C[C@H](NC(=O)COC)c1ccccc1O2. The topological polar surface area (TPSA) is 60.0 Å². The molecule has 0 saturated carbocycles. The summed E-state index contributed by atoms with van der Waals surface area (Å²) in [5.41, 5.74) is 0.850. The van der Waals surface area contributed by atoms with Gasteiger partial charge in [0, 0.05) is 45.8 Å². The molecule has 2 aliphatic heterocycles. The number of ether oxygens (including phenoxy) is 3. The molecular formula is C19H28N2O4. The summed E-state index contributed by atoms with van der Waals surface area (Å²) in [7, 11) is 3.27. The van der Waals surface area contributed by atoms with E-state index in [2.05, 4.69) is 10.2 Å². The summed E-state index contributed by atoms with van der Waals surface area (Å²) in [6.07, 6.45) is 2.72. The maximum absolute atomic E-state index is 12.1. The van der Waals surface area contributed by atoms with Crippen molar-refractivity contribution in [2.45, 2.75) is 30.9 Å². The second-order valence-corrected chi connectivity index (χ2v) is 6.91. The summed E-state index contributed by atoms with van der Waals surface area (Å²) in [5.74, 6) is 0.804. The highest BCUT2D eigenvalue weighted by atomic mass is 16.5. The van der Waals surface area contributed by atoms with Crippen molar-refractivity contribution in [3.8, 4) is 5.75 Å². The molecule has 1 N–H and O–H groups in total. The van der Waals surface area contributed by atoms with E-state index in [-0.39, 0.29) is 24.2 Å². The molecule has 0 aliphatic carbocycles. The molecule has 0 radical (unpaired) electrons. The van der Waals surface area contributed by atoms with Crippen LogP contribution < -0.4 is 10.1 Å². The predicted octanol–water partition coefficient (Wildman–Crippen LogP) is 1.75. The van der Waals surface area contributed by atoms with Gasteiger partial charge in [-0.1, -0.05) is 18.2 Å². The summed E-state index contributed by atoms with van der Waals surface area (Å²) in [5, 5.41) is 3.12. The Kier molecular flexibility index (Phi) is 5.93. The molecule has 2 aliphatic rings. The van der Waals surface area contributed by atoms with Gasteiger partial charge in [0.1, 0.15) is 18.0 Å². The van der Waals surface area contributed by atoms with E-state index in [0.29, 0.717) is 0 Å². The standard InChI is InChI=1S/C19H28N2O4/c1-23-12-11-21-9-7-19(8-10-21)13-16(20-18(22)14-24-2)15-5-3-4-6-17(15)25-19/h3-6,16H,7-14H2,1-2H3,(H,20,22)/t16-/m0/s1. The van der Waals surface area contributed by atoms with Gasteiger partial charge in [-0.2, -0.15) is 0 Å². The zero-order valence-corrected chi connectivity index (χ0v) is 15.1. The van der Waals surface area contributed by atoms with Gasteiger partial charge in [0.15, 0.2) is 0 Å². The highest BCUT2D eigenvalue weighted by molar-refractivity contribution is 5.77. The quantitative estimate of drug-likeness (QED) is 0.849. The third kappa shape index (κ3) is 4.32. The summed E-state index contributed by atoms with van der Waals surface area (Å²) >= 11 is 0. The highest BCUT2D eigenvalue weighted by Crippen LogP contribution is 2.44. The molecule has 1 saturated heterocycles. The molecule has 138 valence electrons. The first-order valence-electron chi connectivity index (χ1n) is 8.93. The zero-order chi connectivity index (χ0) is 17.7. The van der Waals surface area contributed by atoms with E-state index in [9.17, 15) is 4.79 Å². The minimum atomic E-state index is -0.205. The fourth-order valence-electron chi connectivity index (χ4n) is 3.82. The van der Waals surface area contributed by atoms with Gasteiger partial charge in [0.05, 0.1) is 12.6 Å². The van der Waals surface area contributed by atoms with Gasteiger partial charge < -0.3 is 24.4 Å². The predicted molar refractivity (Wildman–Crippen MR) is 94.7 cm³/mol. The van der Waals surface area contributed by atoms with Crippen LogP contribution in [0, 0.1) is 0 Å². The van der Waals surface area contributed by atoms with Gasteiger partial charge in [0.25, 0.3) is 0 Å². The number of likely N-dealkylation sites (tertiary alicyclic amines) is 1. The van der Waals surface area contributed by atoms with E-state index in [1.807, 2.05) is 24.3 Å². The average Bonchev–Trinajstić information content (AvgIpc) is 2.61. The minimum Gasteiger partial charge on any atom is -0.487 e. The molecule has 25 heavy (non-hydrogen) atoms. The van der Waals surface area contributed by atoms with Crippen molar-refractivity contribution in [3.63, 3.8) is 0 Å². The van der Waals surface area contributed by atoms with Gasteiger partial charge in [-0.3, -0.25) is 4.79 Å². The van der Waals surface area contributed by atoms with Crippen LogP contribution in [0.1, 0.15) is 30.9 Å². The van der Waals surface area contributed by atoms with Gasteiger partial charge in [-0.25, -0.2) is 0 Å². The number of amides is 1. The van der Waals surface area contributed by atoms with Crippen LogP contribution in [0.3, 0.4) is 0 Å². The van der Waals surface area contributed by atoms with Gasteiger partial charge >= 0.3 is 0 Å². The number of carbonyl (C=O) groups excluding carboxylic acids is 1. The molecular weight excluding hydrogens is 320 g/mol. The molecule has 1 aromatic rings. The van der Waals surface area contributed by atoms with Crippen molar-refractivity contribution in [2.24, 2.45) is 0 Å². The fourth-order valence-corrected chi connectivity index (χ4v) is 3.82. The van der Waals surface area contributed by atoms with Crippen LogP contribution in [0.5, 0.6) is 5.75 Å². The largest absolute Gasteiger partial charge is 0.487 e. The van der Waals surface area contributed by atoms with E-state index in [4.69, 9.17) is 14.2 Å². The molecule has 1 fully saturated rings. The molecule has 2 heterocycles. The van der Waals surface area contributed by atoms with Gasteiger partial charge in [-0.15, -0.1) is 0 Å². The first-order valence-corrected chi connectivity index (χ1v) is 8.93. The summed E-state index contributed by atoms with van der Waals surface area (Å²) in [6.45, 7) is 3.77. The molecule has 1 atom stereocenters. The Morgan fingerprint density at radius 2 is 2.04 bits per heavy atom. The molecule has 0 aromatic heterocycles. The Morgan fingerprint density at radius 3 is 2.76 bits per heavy atom. The first-order chi connectivity index (χ1) is 12.2. The normalized spacial score (nSPS) is 22.2. The number of rotatable bonds is 6. The number of methoxy groups -OCH3 is 2. The monoisotopic (exact) mass is 348 g/mol. The lowest BCUT2D eigenvalue weighted by Crippen LogP contribution is -2.52. The second-order valence-electron chi connectivity index (χ2n) is 6.91. The number of benzene rings is 1. The van der Waals surface area contributed by atoms with Crippen molar-refractivity contribution in [1.82, 2.24) is 10.2 Å². The molecule has 1 aromatic carbocycles. The maximum atomic E-state index is 12.1. The Balaban J connectivity index is 1.72. The zero-order valence-electron chi connectivity index (χ0n) is 15.1. The average molecular weight is 348 g/mol. The summed E-state index contributed by atoms with van der Waals surface area (Å²) in [6, 6.07) is 7.98. The Labute approximate surface area is 149 Å². The van der Waals surface area contributed by atoms with Gasteiger partial charge in [0.2, 0.25) is 5.91 Å². The van der Waals surface area contributed by atoms with Crippen LogP contribution >= 0.6 is 0 Å². The second kappa shape index (κ2) is 8.17. The maximum Gasteiger partial charge on any atom is 0.246 e. The third-order valence-corrected chi connectivity index (χ3v) is 5.19. The number of piperidine rings is 1. The Hall–Kier alpha value is -1.63. The number of nitrogens with one attached hydrogen (secondary N) is 1. The fraction of sp³-hybridized carbons (Fsp3) is 0.632. The summed E-state index contributed by atoms with van der Waals surface area (Å²) < 4.78 is 16.6. The van der Waals surface area contributed by atoms with Crippen LogP contribution in [0.4, 0.5) is 0 Å². The van der Waals surface area contributed by atoms with E-state index in [1.54, 1.807) is 7.11 Å². The van der Waals surface area contributed by atoms with Crippen molar-refractivity contribution in [2.75, 3.05) is 47.1 Å². The summed E-state index contributed by atoms with van der Waals surface area (Å²) in [4.78, 5) is 14.5. The van der Waals surface area contributed by atoms with E-state index in [1.165, 1.54) is 7.11 Å². The molecule has 3 rings (SSSR count). The van der Waals surface area contributed by atoms with Crippen molar-refractivity contribution in [1.29, 1.82) is 0 Å². The molecule has 0 unspecified atom stereocenters. The third-order valence-electron chi connectivity index (χ3n) is 5.19. The number of carbonyl (C=O) groups is 1. The lowest BCUT2D eigenvalue weighted by atomic mass is 9.80. The van der Waals surface area contributed by atoms with Crippen molar-refractivity contribution in [3.05, 3.63) is 29.8 Å². The van der Waals surface area contributed by atoms with Crippen LogP contribution in [-0.2, 0) is 14.3 Å². The Morgan fingerprint density at radius 1 is 1.28 bits per heavy atom. The lowest BCUT2D eigenvalue weighted by Gasteiger charge is -2.47. The van der Waals surface area contributed by atoms with Gasteiger partial charge in [-0.05, 0) is 18.9 Å². The van der Waals surface area contributed by atoms with Crippen LogP contribution in [0.25, 0.3) is 0 Å². The number of para-hydroxylation sites is 1. The van der Waals surface area contributed by atoms with Crippen LogP contribution in [0.2, 0.25) is 0 Å². The molecule has 6 heteroatoms. The van der Waals surface area contributed by atoms with Crippen LogP contribution in [0.15, 0.2) is 24.3 Å². The van der Waals surface area contributed by atoms with E-state index >= 15 is 0 Å². The number of fused-ring (bicyclic) bond motifs is 1.